The molecule has 0 saturated heterocycles. The summed E-state index contributed by atoms with van der Waals surface area (Å²) >= 11 is 0. The standard InChI is InChI=1S/C13H21NO/c1-11(10-14)13-7-5-12(6-8-13)4-3-9-15-2/h5-8,11H,3-4,9-10,14H2,1-2H3. The van der Waals surface area contributed by atoms with Gasteiger partial charge in [0.25, 0.3) is 0 Å². The molecule has 2 N–H and O–H groups in total. The fraction of sp³-hybridized carbons (Fsp3) is 0.538. The average Bonchev–Trinajstić information content (AvgIpc) is 2.29. The molecule has 0 amide bonds. The van der Waals surface area contributed by atoms with Crippen LogP contribution in [0.25, 0.3) is 0 Å². The van der Waals surface area contributed by atoms with Gasteiger partial charge in [0.2, 0.25) is 0 Å². The van der Waals surface area contributed by atoms with Crippen molar-refractivity contribution in [3.8, 4) is 0 Å². The first-order chi connectivity index (χ1) is 7.27. The molecule has 0 spiro atoms. The molecule has 1 aromatic rings. The number of hydrogen-bond acceptors (Lipinski definition) is 2. The van der Waals surface area contributed by atoms with Crippen molar-refractivity contribution in [3.05, 3.63) is 35.4 Å². The van der Waals surface area contributed by atoms with Crippen molar-refractivity contribution in [1.82, 2.24) is 0 Å². The maximum Gasteiger partial charge on any atom is 0.0465 e. The Morgan fingerprint density at radius 1 is 1.27 bits per heavy atom. The van der Waals surface area contributed by atoms with Crippen LogP contribution in [0, 0.1) is 0 Å². The minimum Gasteiger partial charge on any atom is -0.385 e. The van der Waals surface area contributed by atoms with Gasteiger partial charge in [-0.15, -0.1) is 0 Å². The predicted molar refractivity (Wildman–Crippen MR) is 64.1 cm³/mol. The Labute approximate surface area is 92.4 Å². The molecular formula is C13H21NO. The molecule has 0 aromatic heterocycles. The molecule has 2 heteroatoms. The summed E-state index contributed by atoms with van der Waals surface area (Å²) in [5.74, 6) is 0.457. The van der Waals surface area contributed by atoms with Crippen LogP contribution < -0.4 is 5.73 Å². The normalized spacial score (nSPS) is 12.7. The van der Waals surface area contributed by atoms with Crippen LogP contribution in [0.4, 0.5) is 0 Å². The summed E-state index contributed by atoms with van der Waals surface area (Å²) in [5.41, 5.74) is 8.33. The molecule has 0 aliphatic carbocycles. The molecule has 0 aliphatic heterocycles. The van der Waals surface area contributed by atoms with Crippen LogP contribution in [0.3, 0.4) is 0 Å². The lowest BCUT2D eigenvalue weighted by Gasteiger charge is -2.09. The summed E-state index contributed by atoms with van der Waals surface area (Å²) in [4.78, 5) is 0. The van der Waals surface area contributed by atoms with Crippen molar-refractivity contribution in [3.63, 3.8) is 0 Å². The van der Waals surface area contributed by atoms with E-state index in [4.69, 9.17) is 10.5 Å². The van der Waals surface area contributed by atoms with E-state index in [0.29, 0.717) is 12.5 Å². The number of methoxy groups -OCH3 is 1. The van der Waals surface area contributed by atoms with Gasteiger partial charge in [-0.2, -0.15) is 0 Å². The number of nitrogens with two attached hydrogens (primary N) is 1. The van der Waals surface area contributed by atoms with E-state index in [1.807, 2.05) is 0 Å². The second kappa shape index (κ2) is 6.59. The van der Waals surface area contributed by atoms with Crippen LogP contribution in [-0.4, -0.2) is 20.3 Å². The number of hydrogen-bond donors (Lipinski definition) is 1. The first-order valence-corrected chi connectivity index (χ1v) is 5.55. The van der Waals surface area contributed by atoms with Gasteiger partial charge >= 0.3 is 0 Å². The highest BCUT2D eigenvalue weighted by atomic mass is 16.5. The van der Waals surface area contributed by atoms with E-state index >= 15 is 0 Å². The smallest absolute Gasteiger partial charge is 0.0465 e. The van der Waals surface area contributed by atoms with Crippen molar-refractivity contribution in [1.29, 1.82) is 0 Å². The highest BCUT2D eigenvalue weighted by Gasteiger charge is 2.02. The van der Waals surface area contributed by atoms with Crippen molar-refractivity contribution >= 4 is 0 Å². The van der Waals surface area contributed by atoms with E-state index in [9.17, 15) is 0 Å². The number of ether oxygens (including phenoxy) is 1. The van der Waals surface area contributed by atoms with Crippen LogP contribution in [0.15, 0.2) is 24.3 Å². The highest BCUT2D eigenvalue weighted by Crippen LogP contribution is 2.15. The summed E-state index contributed by atoms with van der Waals surface area (Å²) in [6.45, 7) is 3.70. The number of benzene rings is 1. The second-order valence-electron chi connectivity index (χ2n) is 3.97. The van der Waals surface area contributed by atoms with Crippen molar-refractivity contribution in [2.75, 3.05) is 20.3 Å². The minimum absolute atomic E-state index is 0.457. The molecule has 0 saturated carbocycles. The van der Waals surface area contributed by atoms with Crippen LogP contribution in [-0.2, 0) is 11.2 Å². The molecule has 84 valence electrons. The van der Waals surface area contributed by atoms with Crippen LogP contribution >= 0.6 is 0 Å². The van der Waals surface area contributed by atoms with Gasteiger partial charge in [0, 0.05) is 13.7 Å². The molecule has 0 heterocycles. The predicted octanol–water partition coefficient (Wildman–Crippen LogP) is 2.33. The Bertz CT molecular complexity index is 268. The lowest BCUT2D eigenvalue weighted by atomic mass is 9.99. The Balaban J connectivity index is 2.49. The van der Waals surface area contributed by atoms with Gasteiger partial charge in [-0.1, -0.05) is 31.2 Å². The van der Waals surface area contributed by atoms with Crippen LogP contribution in [0.1, 0.15) is 30.4 Å². The molecule has 0 aliphatic rings. The zero-order valence-corrected chi connectivity index (χ0v) is 9.70. The summed E-state index contributed by atoms with van der Waals surface area (Å²) in [6.07, 6.45) is 2.17. The summed E-state index contributed by atoms with van der Waals surface area (Å²) in [7, 11) is 1.74. The maximum atomic E-state index is 5.62. The SMILES string of the molecule is COCCCc1ccc(C(C)CN)cc1. The van der Waals surface area contributed by atoms with Gasteiger partial charge in [-0.3, -0.25) is 0 Å². The largest absolute Gasteiger partial charge is 0.385 e. The Morgan fingerprint density at radius 2 is 1.93 bits per heavy atom. The number of aryl methyl sites for hydroxylation is 1. The average molecular weight is 207 g/mol. The molecule has 0 bridgehead atoms. The third-order valence-electron chi connectivity index (χ3n) is 2.72. The van der Waals surface area contributed by atoms with Crippen LogP contribution in [0.2, 0.25) is 0 Å². The third-order valence-corrected chi connectivity index (χ3v) is 2.72. The van der Waals surface area contributed by atoms with Gasteiger partial charge in [0.15, 0.2) is 0 Å². The molecular weight excluding hydrogens is 186 g/mol. The highest BCUT2D eigenvalue weighted by molar-refractivity contribution is 5.25. The third kappa shape index (κ3) is 4.02. The Kier molecular flexibility index (Phi) is 5.37. The fourth-order valence-corrected chi connectivity index (χ4v) is 1.57. The Morgan fingerprint density at radius 3 is 2.47 bits per heavy atom. The molecule has 0 radical (unpaired) electrons. The minimum atomic E-state index is 0.457. The van der Waals surface area contributed by atoms with Gasteiger partial charge in [-0.25, -0.2) is 0 Å². The van der Waals surface area contributed by atoms with E-state index in [0.717, 1.165) is 19.4 Å². The van der Waals surface area contributed by atoms with E-state index in [-0.39, 0.29) is 0 Å². The quantitative estimate of drug-likeness (QED) is 0.727. The van der Waals surface area contributed by atoms with Crippen molar-refractivity contribution < 1.29 is 4.74 Å². The maximum absolute atomic E-state index is 5.62. The van der Waals surface area contributed by atoms with Gasteiger partial charge in [0.1, 0.15) is 0 Å². The Hall–Kier alpha value is -0.860. The zero-order valence-electron chi connectivity index (χ0n) is 9.70. The van der Waals surface area contributed by atoms with E-state index < -0.39 is 0 Å². The second-order valence-corrected chi connectivity index (χ2v) is 3.97. The lowest BCUT2D eigenvalue weighted by Crippen LogP contribution is -2.08. The zero-order chi connectivity index (χ0) is 11.1. The van der Waals surface area contributed by atoms with Crippen molar-refractivity contribution in [2.24, 2.45) is 5.73 Å². The molecule has 2 nitrogen and oxygen atoms in total. The first kappa shape index (κ1) is 12.2. The molecule has 1 aromatic carbocycles. The van der Waals surface area contributed by atoms with E-state index in [1.54, 1.807) is 7.11 Å². The van der Waals surface area contributed by atoms with Crippen molar-refractivity contribution in [2.45, 2.75) is 25.7 Å². The molecule has 15 heavy (non-hydrogen) atoms. The van der Waals surface area contributed by atoms with Crippen LogP contribution in [0.5, 0.6) is 0 Å². The van der Waals surface area contributed by atoms with E-state index in [1.165, 1.54) is 11.1 Å². The monoisotopic (exact) mass is 207 g/mol. The fourth-order valence-electron chi connectivity index (χ4n) is 1.57. The van der Waals surface area contributed by atoms with E-state index in [2.05, 4.69) is 31.2 Å². The first-order valence-electron chi connectivity index (χ1n) is 5.55. The van der Waals surface area contributed by atoms with Gasteiger partial charge in [0.05, 0.1) is 0 Å². The summed E-state index contributed by atoms with van der Waals surface area (Å²) in [5, 5.41) is 0. The summed E-state index contributed by atoms with van der Waals surface area (Å²) in [6, 6.07) is 8.74. The van der Waals surface area contributed by atoms with Gasteiger partial charge in [-0.05, 0) is 36.4 Å². The molecule has 0 fully saturated rings. The number of rotatable bonds is 6. The van der Waals surface area contributed by atoms with Gasteiger partial charge < -0.3 is 10.5 Å². The molecule has 1 rings (SSSR count). The molecule has 1 atom stereocenters. The summed E-state index contributed by atoms with van der Waals surface area (Å²) < 4.78 is 5.03. The molecule has 1 unspecified atom stereocenters. The lowest BCUT2D eigenvalue weighted by molar-refractivity contribution is 0.195. The topological polar surface area (TPSA) is 35.2 Å².